The summed E-state index contributed by atoms with van der Waals surface area (Å²) < 4.78 is 0. The van der Waals surface area contributed by atoms with E-state index in [4.69, 9.17) is 0 Å². The highest BCUT2D eigenvalue weighted by Gasteiger charge is 2.35. The Labute approximate surface area is 161 Å². The maximum absolute atomic E-state index is 12.8. The summed E-state index contributed by atoms with van der Waals surface area (Å²) in [6.07, 6.45) is 0.241. The van der Waals surface area contributed by atoms with E-state index in [1.807, 2.05) is 67.5 Å². The van der Waals surface area contributed by atoms with E-state index in [9.17, 15) is 9.59 Å². The number of carbonyl (C=O) groups is 2. The lowest BCUT2D eigenvalue weighted by molar-refractivity contribution is -0.122. The molecule has 1 heterocycles. The van der Waals surface area contributed by atoms with Crippen LogP contribution in [0.15, 0.2) is 48.5 Å². The summed E-state index contributed by atoms with van der Waals surface area (Å²) in [6, 6.07) is 15.7. The van der Waals surface area contributed by atoms with Crippen molar-refractivity contribution < 1.29 is 9.59 Å². The van der Waals surface area contributed by atoms with Crippen molar-refractivity contribution >= 4 is 28.9 Å². The van der Waals surface area contributed by atoms with Crippen LogP contribution in [-0.2, 0) is 9.59 Å². The molecule has 27 heavy (non-hydrogen) atoms. The number of amides is 2. The number of hydrogen-bond donors (Lipinski definition) is 1. The molecule has 0 aliphatic carbocycles. The average Bonchev–Trinajstić information content (AvgIpc) is 3.04. The minimum absolute atomic E-state index is 0.00935. The van der Waals surface area contributed by atoms with E-state index in [0.29, 0.717) is 12.5 Å². The molecule has 0 aromatic heterocycles. The lowest BCUT2D eigenvalue weighted by Gasteiger charge is -2.19. The van der Waals surface area contributed by atoms with Gasteiger partial charge in [-0.2, -0.15) is 0 Å². The zero-order valence-corrected chi connectivity index (χ0v) is 16.4. The molecule has 5 heteroatoms. The Kier molecular flexibility index (Phi) is 5.49. The molecule has 1 fully saturated rings. The highest BCUT2D eigenvalue weighted by Crippen LogP contribution is 2.29. The molecule has 1 saturated heterocycles. The molecular formula is C22H27N3O2. The number of anilines is 3. The van der Waals surface area contributed by atoms with Crippen molar-refractivity contribution in [2.75, 3.05) is 35.8 Å². The summed E-state index contributed by atoms with van der Waals surface area (Å²) in [5.41, 5.74) is 3.85. The van der Waals surface area contributed by atoms with E-state index in [2.05, 4.69) is 19.2 Å². The van der Waals surface area contributed by atoms with E-state index in [0.717, 1.165) is 22.6 Å². The van der Waals surface area contributed by atoms with Gasteiger partial charge in [0.2, 0.25) is 11.8 Å². The van der Waals surface area contributed by atoms with Gasteiger partial charge in [0.05, 0.1) is 5.92 Å². The first-order chi connectivity index (χ1) is 12.9. The number of para-hydroxylation sites is 1. The molecule has 1 aliphatic rings. The summed E-state index contributed by atoms with van der Waals surface area (Å²) >= 11 is 0. The first-order valence-corrected chi connectivity index (χ1v) is 9.34. The number of carbonyl (C=O) groups excluding carboxylic acids is 2. The number of nitrogens with one attached hydrogen (secondary N) is 1. The van der Waals surface area contributed by atoms with Gasteiger partial charge in [-0.25, -0.2) is 0 Å². The maximum Gasteiger partial charge on any atom is 0.229 e. The van der Waals surface area contributed by atoms with Gasteiger partial charge in [-0.3, -0.25) is 9.59 Å². The van der Waals surface area contributed by atoms with Crippen LogP contribution in [0.1, 0.15) is 31.7 Å². The van der Waals surface area contributed by atoms with Crippen LogP contribution < -0.4 is 15.1 Å². The number of nitrogens with zero attached hydrogens (tertiary/aromatic N) is 2. The summed E-state index contributed by atoms with van der Waals surface area (Å²) in [5, 5.41) is 3.03. The molecule has 2 aromatic rings. The maximum atomic E-state index is 12.8. The Hall–Kier alpha value is -2.82. The lowest BCUT2D eigenvalue weighted by Crippen LogP contribution is -2.28. The first-order valence-electron chi connectivity index (χ1n) is 9.34. The van der Waals surface area contributed by atoms with Gasteiger partial charge in [0.25, 0.3) is 0 Å². The van der Waals surface area contributed by atoms with Crippen LogP contribution in [0, 0.1) is 5.92 Å². The quantitative estimate of drug-likeness (QED) is 0.875. The molecule has 1 atom stereocenters. The van der Waals surface area contributed by atoms with E-state index in [1.165, 1.54) is 0 Å². The van der Waals surface area contributed by atoms with Gasteiger partial charge in [-0.05, 0) is 41.8 Å². The summed E-state index contributed by atoms with van der Waals surface area (Å²) in [5.74, 6) is -0.126. The third-order valence-corrected chi connectivity index (χ3v) is 5.01. The Morgan fingerprint density at radius 2 is 1.78 bits per heavy atom. The van der Waals surface area contributed by atoms with Crippen LogP contribution in [0.4, 0.5) is 17.1 Å². The Bertz CT molecular complexity index is 828. The van der Waals surface area contributed by atoms with E-state index in [-0.39, 0.29) is 24.2 Å². The zero-order chi connectivity index (χ0) is 19.6. The smallest absolute Gasteiger partial charge is 0.229 e. The fraction of sp³-hybridized carbons (Fsp3) is 0.364. The highest BCUT2D eigenvalue weighted by atomic mass is 16.2. The second-order valence-corrected chi connectivity index (χ2v) is 7.55. The third-order valence-electron chi connectivity index (χ3n) is 5.01. The van der Waals surface area contributed by atoms with Gasteiger partial charge in [-0.1, -0.05) is 32.0 Å². The van der Waals surface area contributed by atoms with Crippen molar-refractivity contribution in [1.82, 2.24) is 0 Å². The predicted octanol–water partition coefficient (Wildman–Crippen LogP) is 3.87. The van der Waals surface area contributed by atoms with Crippen molar-refractivity contribution in [1.29, 1.82) is 0 Å². The van der Waals surface area contributed by atoms with Gasteiger partial charge in [-0.15, -0.1) is 0 Å². The van der Waals surface area contributed by atoms with E-state index >= 15 is 0 Å². The minimum Gasteiger partial charge on any atom is -0.378 e. The molecule has 0 saturated carbocycles. The zero-order valence-electron chi connectivity index (χ0n) is 16.4. The average molecular weight is 365 g/mol. The van der Waals surface area contributed by atoms with Gasteiger partial charge in [0, 0.05) is 44.1 Å². The van der Waals surface area contributed by atoms with Gasteiger partial charge in [0.1, 0.15) is 0 Å². The monoisotopic (exact) mass is 365 g/mol. The second-order valence-electron chi connectivity index (χ2n) is 7.55. The SMILES string of the molecule is CC(C)c1ccccc1NC(=O)C1CC(=O)N(c2ccc(N(C)C)cc2)C1. The topological polar surface area (TPSA) is 52.7 Å². The van der Waals surface area contributed by atoms with Crippen molar-refractivity contribution in [3.63, 3.8) is 0 Å². The van der Waals surface area contributed by atoms with Crippen LogP contribution in [0.3, 0.4) is 0 Å². The molecule has 142 valence electrons. The summed E-state index contributed by atoms with van der Waals surface area (Å²) in [6.45, 7) is 4.61. The largest absolute Gasteiger partial charge is 0.378 e. The normalized spacial score (nSPS) is 16.7. The number of hydrogen-bond acceptors (Lipinski definition) is 3. The van der Waals surface area contributed by atoms with E-state index in [1.54, 1.807) is 4.90 Å². The molecule has 1 N–H and O–H groups in total. The molecule has 3 rings (SSSR count). The molecule has 1 unspecified atom stereocenters. The highest BCUT2D eigenvalue weighted by molar-refractivity contribution is 6.03. The van der Waals surface area contributed by atoms with Gasteiger partial charge in [0.15, 0.2) is 0 Å². The molecule has 5 nitrogen and oxygen atoms in total. The van der Waals surface area contributed by atoms with Crippen LogP contribution >= 0.6 is 0 Å². The Morgan fingerprint density at radius 3 is 2.41 bits per heavy atom. The van der Waals surface area contributed by atoms with E-state index < -0.39 is 0 Å². The first kappa shape index (κ1) is 19.0. The van der Waals surface area contributed by atoms with Crippen LogP contribution in [0.2, 0.25) is 0 Å². The third kappa shape index (κ3) is 4.13. The van der Waals surface area contributed by atoms with Crippen molar-refractivity contribution in [2.45, 2.75) is 26.2 Å². The van der Waals surface area contributed by atoms with Crippen molar-refractivity contribution in [2.24, 2.45) is 5.92 Å². The van der Waals surface area contributed by atoms with Crippen LogP contribution in [0.5, 0.6) is 0 Å². The summed E-state index contributed by atoms with van der Waals surface area (Å²) in [4.78, 5) is 28.9. The minimum atomic E-state index is -0.341. The van der Waals surface area contributed by atoms with Crippen molar-refractivity contribution in [3.8, 4) is 0 Å². The molecule has 0 spiro atoms. The second kappa shape index (κ2) is 7.82. The standard InChI is InChI=1S/C22H27N3O2/c1-15(2)19-7-5-6-8-20(19)23-22(27)16-13-21(26)25(14-16)18-11-9-17(10-12-18)24(3)4/h5-12,15-16H,13-14H2,1-4H3,(H,23,27). The lowest BCUT2D eigenvalue weighted by atomic mass is 10.0. The van der Waals surface area contributed by atoms with Gasteiger partial charge < -0.3 is 15.1 Å². The molecular weight excluding hydrogens is 338 g/mol. The van der Waals surface area contributed by atoms with Crippen LogP contribution in [0.25, 0.3) is 0 Å². The summed E-state index contributed by atoms with van der Waals surface area (Å²) in [7, 11) is 3.96. The van der Waals surface area contributed by atoms with Gasteiger partial charge >= 0.3 is 0 Å². The fourth-order valence-electron chi connectivity index (χ4n) is 3.41. The Balaban J connectivity index is 1.71. The fourth-order valence-corrected chi connectivity index (χ4v) is 3.41. The number of benzene rings is 2. The number of rotatable bonds is 5. The molecule has 2 aromatic carbocycles. The molecule has 2 amide bonds. The van der Waals surface area contributed by atoms with Crippen LogP contribution in [-0.4, -0.2) is 32.5 Å². The molecule has 0 bridgehead atoms. The molecule has 0 radical (unpaired) electrons. The van der Waals surface area contributed by atoms with Crippen molar-refractivity contribution in [3.05, 3.63) is 54.1 Å². The predicted molar refractivity (Wildman–Crippen MR) is 110 cm³/mol. The molecule has 1 aliphatic heterocycles. The Morgan fingerprint density at radius 1 is 1.11 bits per heavy atom.